The molecule has 5 heteroatoms. The van der Waals surface area contributed by atoms with E-state index >= 15 is 0 Å². The quantitative estimate of drug-likeness (QED) is 0.462. The second-order valence-electron chi connectivity index (χ2n) is 4.43. The molecular weight excluding hydrogens is 224 g/mol. The van der Waals surface area contributed by atoms with Crippen LogP contribution in [0.2, 0.25) is 12.6 Å². The Morgan fingerprint density at radius 3 is 2.69 bits per heavy atom. The van der Waals surface area contributed by atoms with Crippen molar-refractivity contribution in [3.8, 4) is 0 Å². The molecule has 0 aromatic heterocycles. The Kier molecular flexibility index (Phi) is 5.92. The molecule has 3 atom stereocenters. The molecule has 16 heavy (non-hydrogen) atoms. The van der Waals surface area contributed by atoms with Gasteiger partial charge in [0, 0.05) is 13.7 Å². The minimum Gasteiger partial charge on any atom is -0.398 e. The van der Waals surface area contributed by atoms with E-state index in [4.69, 9.17) is 18.3 Å². The van der Waals surface area contributed by atoms with Crippen molar-refractivity contribution >= 4 is 8.56 Å². The molecule has 0 N–H and O–H groups in total. The third kappa shape index (κ3) is 5.40. The highest BCUT2D eigenvalue weighted by molar-refractivity contribution is 6.65. The molecule has 96 valence electrons. The van der Waals surface area contributed by atoms with Gasteiger partial charge in [-0.15, -0.1) is 0 Å². The average molecular weight is 248 g/mol. The first-order chi connectivity index (χ1) is 7.59. The highest BCUT2D eigenvalue weighted by Crippen LogP contribution is 2.14. The first-order valence-corrected chi connectivity index (χ1v) is 8.54. The molecule has 0 aromatic rings. The Balaban J connectivity index is 2.03. The van der Waals surface area contributed by atoms with Crippen LogP contribution in [0.1, 0.15) is 20.3 Å². The Labute approximate surface area is 99.5 Å². The molecule has 0 radical (unpaired) electrons. The van der Waals surface area contributed by atoms with Gasteiger partial charge < -0.3 is 18.3 Å². The van der Waals surface area contributed by atoms with Crippen molar-refractivity contribution in [3.05, 3.63) is 0 Å². The lowest BCUT2D eigenvalue weighted by molar-refractivity contribution is 0.0371. The van der Waals surface area contributed by atoms with E-state index in [0.717, 1.165) is 25.7 Å². The van der Waals surface area contributed by atoms with Gasteiger partial charge in [-0.3, -0.25) is 0 Å². The standard InChI is InChI=1S/C11H24O4Si/c1-5-16(4,12-3)15-7-6-10(2)13-8-11-9-14-11/h10-11H,5-9H2,1-4H3. The van der Waals surface area contributed by atoms with Crippen LogP contribution in [0.25, 0.3) is 0 Å². The van der Waals surface area contributed by atoms with Gasteiger partial charge in [0.1, 0.15) is 6.10 Å². The van der Waals surface area contributed by atoms with E-state index in [1.807, 2.05) is 0 Å². The molecule has 1 aliphatic rings. The third-order valence-electron chi connectivity index (χ3n) is 2.97. The van der Waals surface area contributed by atoms with Gasteiger partial charge in [-0.25, -0.2) is 0 Å². The Morgan fingerprint density at radius 1 is 1.50 bits per heavy atom. The number of ether oxygens (including phenoxy) is 2. The van der Waals surface area contributed by atoms with E-state index in [0.29, 0.717) is 12.7 Å². The van der Waals surface area contributed by atoms with E-state index in [1.165, 1.54) is 0 Å². The maximum atomic E-state index is 5.83. The fourth-order valence-electron chi connectivity index (χ4n) is 1.27. The van der Waals surface area contributed by atoms with E-state index in [1.54, 1.807) is 7.11 Å². The number of hydrogen-bond acceptors (Lipinski definition) is 4. The second kappa shape index (κ2) is 6.71. The number of hydrogen-bond donors (Lipinski definition) is 0. The van der Waals surface area contributed by atoms with Gasteiger partial charge in [-0.05, 0) is 25.9 Å². The maximum absolute atomic E-state index is 5.83. The molecule has 0 bridgehead atoms. The van der Waals surface area contributed by atoms with Gasteiger partial charge in [-0.1, -0.05) is 6.92 Å². The predicted octanol–water partition coefficient (Wildman–Crippen LogP) is 1.94. The first kappa shape index (κ1) is 14.1. The van der Waals surface area contributed by atoms with Crippen LogP contribution in [0.3, 0.4) is 0 Å². The number of rotatable bonds is 9. The molecule has 0 amide bonds. The summed E-state index contributed by atoms with van der Waals surface area (Å²) in [5.41, 5.74) is 0. The van der Waals surface area contributed by atoms with Gasteiger partial charge in [0.15, 0.2) is 0 Å². The lowest BCUT2D eigenvalue weighted by Crippen LogP contribution is -2.37. The highest BCUT2D eigenvalue weighted by atomic mass is 28.4. The summed E-state index contributed by atoms with van der Waals surface area (Å²) in [6, 6.07) is 0.981. The highest BCUT2D eigenvalue weighted by Gasteiger charge is 2.27. The third-order valence-corrected chi connectivity index (χ3v) is 5.94. The molecule has 1 heterocycles. The molecular formula is C11H24O4Si. The van der Waals surface area contributed by atoms with Gasteiger partial charge in [0.05, 0.1) is 19.3 Å². The van der Waals surface area contributed by atoms with Crippen molar-refractivity contribution in [1.82, 2.24) is 0 Å². The van der Waals surface area contributed by atoms with Crippen molar-refractivity contribution in [1.29, 1.82) is 0 Å². The van der Waals surface area contributed by atoms with Gasteiger partial charge in [-0.2, -0.15) is 0 Å². The molecule has 0 aliphatic carbocycles. The maximum Gasteiger partial charge on any atom is 0.334 e. The summed E-state index contributed by atoms with van der Waals surface area (Å²) in [7, 11) is -0.141. The zero-order chi connectivity index (χ0) is 12.0. The Hall–Kier alpha value is 0.0569. The van der Waals surface area contributed by atoms with Crippen LogP contribution in [0.5, 0.6) is 0 Å². The van der Waals surface area contributed by atoms with Gasteiger partial charge >= 0.3 is 8.56 Å². The molecule has 1 fully saturated rings. The largest absolute Gasteiger partial charge is 0.398 e. The zero-order valence-corrected chi connectivity index (χ0v) is 11.8. The lowest BCUT2D eigenvalue weighted by Gasteiger charge is -2.24. The van der Waals surface area contributed by atoms with Crippen molar-refractivity contribution in [2.45, 2.75) is 45.1 Å². The summed E-state index contributed by atoms with van der Waals surface area (Å²) >= 11 is 0. The summed E-state index contributed by atoms with van der Waals surface area (Å²) < 4.78 is 22.0. The number of epoxide rings is 1. The van der Waals surface area contributed by atoms with Crippen molar-refractivity contribution in [3.63, 3.8) is 0 Å². The Morgan fingerprint density at radius 2 is 2.19 bits per heavy atom. The van der Waals surface area contributed by atoms with Crippen LogP contribution in [0.15, 0.2) is 0 Å². The SMILES string of the molecule is CC[Si](C)(OC)OCCC(C)OCC1CO1. The summed E-state index contributed by atoms with van der Waals surface area (Å²) in [5.74, 6) is 0. The zero-order valence-electron chi connectivity index (χ0n) is 10.8. The molecule has 0 spiro atoms. The average Bonchev–Trinajstić information content (AvgIpc) is 3.10. The van der Waals surface area contributed by atoms with Gasteiger partial charge in [0.25, 0.3) is 0 Å². The fraction of sp³-hybridized carbons (Fsp3) is 1.00. The van der Waals surface area contributed by atoms with Crippen molar-refractivity contribution in [2.24, 2.45) is 0 Å². The normalized spacial score (nSPS) is 25.1. The molecule has 1 rings (SSSR count). The minimum atomic E-state index is -1.88. The molecule has 1 saturated heterocycles. The fourth-order valence-corrected chi connectivity index (χ4v) is 2.43. The molecule has 4 nitrogen and oxygen atoms in total. The van der Waals surface area contributed by atoms with Crippen LogP contribution in [-0.4, -0.2) is 47.7 Å². The van der Waals surface area contributed by atoms with Crippen molar-refractivity contribution < 1.29 is 18.3 Å². The minimum absolute atomic E-state index is 0.233. The van der Waals surface area contributed by atoms with Crippen LogP contribution in [0, 0.1) is 0 Å². The van der Waals surface area contributed by atoms with Crippen molar-refractivity contribution in [2.75, 3.05) is 26.9 Å². The lowest BCUT2D eigenvalue weighted by atomic mass is 10.3. The van der Waals surface area contributed by atoms with Crippen LogP contribution < -0.4 is 0 Å². The van der Waals surface area contributed by atoms with Crippen LogP contribution in [0.4, 0.5) is 0 Å². The smallest absolute Gasteiger partial charge is 0.334 e. The van der Waals surface area contributed by atoms with Gasteiger partial charge in [0.2, 0.25) is 0 Å². The summed E-state index contributed by atoms with van der Waals surface area (Å²) in [6.07, 6.45) is 1.49. The molecule has 3 unspecified atom stereocenters. The molecule has 0 saturated carbocycles. The topological polar surface area (TPSA) is 40.2 Å². The van der Waals surface area contributed by atoms with E-state index in [9.17, 15) is 0 Å². The molecule has 0 aromatic carbocycles. The summed E-state index contributed by atoms with van der Waals surface area (Å²) in [4.78, 5) is 0. The summed E-state index contributed by atoms with van der Waals surface area (Å²) in [5, 5.41) is 0. The van der Waals surface area contributed by atoms with E-state index in [2.05, 4.69) is 20.4 Å². The predicted molar refractivity (Wildman–Crippen MR) is 64.8 cm³/mol. The first-order valence-electron chi connectivity index (χ1n) is 6.02. The van der Waals surface area contributed by atoms with E-state index in [-0.39, 0.29) is 6.10 Å². The van der Waals surface area contributed by atoms with E-state index < -0.39 is 8.56 Å². The molecule has 1 aliphatic heterocycles. The Bertz CT molecular complexity index is 192. The van der Waals surface area contributed by atoms with Crippen LogP contribution >= 0.6 is 0 Å². The second-order valence-corrected chi connectivity index (χ2v) is 8.10. The summed E-state index contributed by atoms with van der Waals surface area (Å²) in [6.45, 7) is 8.57. The van der Waals surface area contributed by atoms with Crippen LogP contribution in [-0.2, 0) is 18.3 Å². The monoisotopic (exact) mass is 248 g/mol.